The van der Waals surface area contributed by atoms with Crippen molar-refractivity contribution in [1.82, 2.24) is 4.57 Å². The van der Waals surface area contributed by atoms with Crippen LogP contribution < -0.4 is 0 Å². The molecule has 1 aromatic heterocycles. The van der Waals surface area contributed by atoms with Crippen LogP contribution in [-0.4, -0.2) is 22.4 Å². The first-order valence-corrected chi connectivity index (χ1v) is 11.3. The zero-order valence-electron chi connectivity index (χ0n) is 18.2. The van der Waals surface area contributed by atoms with E-state index in [1.54, 1.807) is 35.0 Å². The fraction of sp³-hybridized carbons (Fsp3) is 0.154. The number of oxime groups is 1. The maximum atomic E-state index is 14.2. The third-order valence-corrected chi connectivity index (χ3v) is 6.55. The highest BCUT2D eigenvalue weighted by Gasteiger charge is 2.62. The maximum Gasteiger partial charge on any atom is 0.435 e. The topological polar surface area (TPSA) is 43.6 Å². The number of aryl methyl sites for hydroxylation is 1. The van der Waals surface area contributed by atoms with E-state index in [0.717, 1.165) is 16.5 Å². The second-order valence-corrected chi connectivity index (χ2v) is 9.24. The maximum absolute atomic E-state index is 14.2. The summed E-state index contributed by atoms with van der Waals surface area (Å²) in [5.74, 6) is -0.247. The van der Waals surface area contributed by atoms with Crippen LogP contribution in [0.4, 0.5) is 13.2 Å². The highest BCUT2D eigenvalue weighted by atomic mass is 35.5. The van der Waals surface area contributed by atoms with Crippen molar-refractivity contribution in [2.24, 2.45) is 5.16 Å². The lowest BCUT2D eigenvalue weighted by molar-refractivity contribution is -0.275. The van der Waals surface area contributed by atoms with E-state index >= 15 is 0 Å². The van der Waals surface area contributed by atoms with Crippen molar-refractivity contribution in [3.05, 3.63) is 105 Å². The molecular formula is C26H17Cl2F3N2O2. The third-order valence-electron chi connectivity index (χ3n) is 6.11. The van der Waals surface area contributed by atoms with Gasteiger partial charge in [0.25, 0.3) is 11.5 Å². The van der Waals surface area contributed by atoms with Crippen LogP contribution in [0.15, 0.2) is 78.1 Å². The molecule has 4 aromatic rings. The van der Waals surface area contributed by atoms with E-state index in [1.165, 1.54) is 18.2 Å². The molecule has 9 heteroatoms. The number of hydrogen-bond acceptors (Lipinski definition) is 3. The van der Waals surface area contributed by atoms with Crippen molar-refractivity contribution >= 4 is 45.7 Å². The van der Waals surface area contributed by atoms with Crippen molar-refractivity contribution in [2.45, 2.75) is 25.1 Å². The van der Waals surface area contributed by atoms with Crippen LogP contribution in [-0.2, 0) is 10.4 Å². The number of fused-ring (bicyclic) bond motifs is 1. The van der Waals surface area contributed by atoms with Crippen LogP contribution in [0.25, 0.3) is 10.9 Å². The normalized spacial score (nSPS) is 17.9. The van der Waals surface area contributed by atoms with Crippen LogP contribution in [0, 0.1) is 6.92 Å². The molecule has 0 spiro atoms. The number of para-hydroxylation sites is 1. The Morgan fingerprint density at radius 3 is 2.34 bits per heavy atom. The summed E-state index contributed by atoms with van der Waals surface area (Å²) in [6.07, 6.45) is -3.58. The number of carbonyl (C=O) groups excluding carboxylic acids is 1. The number of rotatable bonds is 3. The molecule has 178 valence electrons. The predicted molar refractivity (Wildman–Crippen MR) is 129 cm³/mol. The molecule has 35 heavy (non-hydrogen) atoms. The van der Waals surface area contributed by atoms with E-state index in [9.17, 15) is 18.0 Å². The van der Waals surface area contributed by atoms with Gasteiger partial charge in [-0.15, -0.1) is 0 Å². The molecule has 1 unspecified atom stereocenters. The van der Waals surface area contributed by atoms with E-state index in [2.05, 4.69) is 5.16 Å². The Morgan fingerprint density at radius 1 is 1.03 bits per heavy atom. The predicted octanol–water partition coefficient (Wildman–Crippen LogP) is 7.53. The van der Waals surface area contributed by atoms with Crippen molar-refractivity contribution in [1.29, 1.82) is 0 Å². The smallest absolute Gasteiger partial charge is 0.374 e. The second-order valence-electron chi connectivity index (χ2n) is 8.37. The third kappa shape index (κ3) is 3.98. The fourth-order valence-electron chi connectivity index (χ4n) is 4.31. The van der Waals surface area contributed by atoms with Crippen molar-refractivity contribution < 1.29 is 22.8 Å². The van der Waals surface area contributed by atoms with Crippen molar-refractivity contribution in [2.75, 3.05) is 0 Å². The molecule has 0 aliphatic carbocycles. The number of alkyl halides is 3. The Kier molecular flexibility index (Phi) is 5.65. The average Bonchev–Trinajstić information content (AvgIpc) is 3.41. The van der Waals surface area contributed by atoms with Crippen LogP contribution in [0.1, 0.15) is 33.5 Å². The summed E-state index contributed by atoms with van der Waals surface area (Å²) in [5, 5.41) is 4.85. The van der Waals surface area contributed by atoms with Crippen LogP contribution >= 0.6 is 23.2 Å². The van der Waals surface area contributed by atoms with Crippen molar-refractivity contribution in [3.63, 3.8) is 0 Å². The molecule has 0 bridgehead atoms. The van der Waals surface area contributed by atoms with Gasteiger partial charge < -0.3 is 4.84 Å². The van der Waals surface area contributed by atoms with Crippen molar-refractivity contribution in [3.8, 4) is 0 Å². The number of halogens is 5. The van der Waals surface area contributed by atoms with Gasteiger partial charge in [0.2, 0.25) is 0 Å². The molecule has 0 radical (unpaired) electrons. The minimum Gasteiger partial charge on any atom is -0.374 e. The van der Waals surface area contributed by atoms with Gasteiger partial charge in [-0.1, -0.05) is 58.7 Å². The lowest BCUT2D eigenvalue weighted by Crippen LogP contribution is -2.42. The number of aromatic nitrogens is 1. The molecule has 0 amide bonds. The fourth-order valence-corrected chi connectivity index (χ4v) is 4.83. The van der Waals surface area contributed by atoms with Gasteiger partial charge in [0.05, 0.1) is 11.2 Å². The lowest BCUT2D eigenvalue weighted by atomic mass is 9.86. The summed E-state index contributed by atoms with van der Waals surface area (Å²) in [7, 11) is 0. The van der Waals surface area contributed by atoms with Crippen LogP contribution in [0.2, 0.25) is 10.0 Å². The Labute approximate surface area is 208 Å². The zero-order chi connectivity index (χ0) is 25.0. The van der Waals surface area contributed by atoms with Gasteiger partial charge >= 0.3 is 6.18 Å². The molecule has 2 heterocycles. The summed E-state index contributed by atoms with van der Waals surface area (Å²) in [5.41, 5.74) is -0.308. The SMILES string of the molecule is Cc1cn(C(=O)c2ccc(C3=NOC(c4cc(Cl)cc(Cl)c4)(C(F)(F)F)C3)cc2)c2ccccc12. The molecule has 5 rings (SSSR count). The van der Waals surface area contributed by atoms with E-state index in [1.807, 2.05) is 31.2 Å². The number of benzene rings is 3. The molecule has 0 saturated heterocycles. The quantitative estimate of drug-likeness (QED) is 0.282. The molecule has 1 atom stereocenters. The molecule has 4 nitrogen and oxygen atoms in total. The molecule has 0 N–H and O–H groups in total. The summed E-state index contributed by atoms with van der Waals surface area (Å²) in [6, 6.07) is 17.5. The van der Waals surface area contributed by atoms with Gasteiger partial charge in [-0.25, -0.2) is 0 Å². The molecule has 0 saturated carbocycles. The van der Waals surface area contributed by atoms with E-state index in [0.29, 0.717) is 11.1 Å². The van der Waals surface area contributed by atoms with Gasteiger partial charge in [0.15, 0.2) is 0 Å². The summed E-state index contributed by atoms with van der Waals surface area (Å²) >= 11 is 11.9. The summed E-state index contributed by atoms with van der Waals surface area (Å²) in [4.78, 5) is 18.2. The molecule has 3 aromatic carbocycles. The summed E-state index contributed by atoms with van der Waals surface area (Å²) in [6.45, 7) is 1.92. The minimum absolute atomic E-state index is 0.0591. The molecular weight excluding hydrogens is 500 g/mol. The van der Waals surface area contributed by atoms with Gasteiger partial charge in [0, 0.05) is 39.2 Å². The minimum atomic E-state index is -4.78. The van der Waals surface area contributed by atoms with Gasteiger partial charge in [-0.05, 0) is 54.4 Å². The van der Waals surface area contributed by atoms with Gasteiger partial charge in [-0.3, -0.25) is 9.36 Å². The summed E-state index contributed by atoms with van der Waals surface area (Å²) < 4.78 is 44.2. The first kappa shape index (κ1) is 23.5. The largest absolute Gasteiger partial charge is 0.435 e. The average molecular weight is 517 g/mol. The Bertz CT molecular complexity index is 1470. The lowest BCUT2D eigenvalue weighted by Gasteiger charge is -2.29. The van der Waals surface area contributed by atoms with Gasteiger partial charge in [-0.2, -0.15) is 13.2 Å². The van der Waals surface area contributed by atoms with E-state index in [4.69, 9.17) is 28.0 Å². The molecule has 1 aliphatic heterocycles. The van der Waals surface area contributed by atoms with Gasteiger partial charge in [0.1, 0.15) is 0 Å². The zero-order valence-corrected chi connectivity index (χ0v) is 19.7. The number of carbonyl (C=O) groups is 1. The second kappa shape index (κ2) is 8.43. The van der Waals surface area contributed by atoms with E-state index < -0.39 is 18.2 Å². The van der Waals surface area contributed by atoms with Crippen LogP contribution in [0.3, 0.4) is 0 Å². The molecule has 1 aliphatic rings. The van der Waals surface area contributed by atoms with E-state index in [-0.39, 0.29) is 27.2 Å². The Balaban J connectivity index is 1.44. The highest BCUT2D eigenvalue weighted by Crippen LogP contribution is 2.49. The monoisotopic (exact) mass is 516 g/mol. The number of nitrogens with zero attached hydrogens (tertiary/aromatic N) is 2. The highest BCUT2D eigenvalue weighted by molar-refractivity contribution is 6.34. The first-order valence-electron chi connectivity index (χ1n) is 10.6. The Morgan fingerprint density at radius 2 is 1.69 bits per heavy atom. The number of hydrogen-bond donors (Lipinski definition) is 0. The first-order chi connectivity index (χ1) is 16.6. The Hall–Kier alpha value is -3.29. The standard InChI is InChI=1S/C26H17Cl2F3N2O2/c1-15-14-33(23-5-3-2-4-21(15)23)24(34)17-8-6-16(7-9-17)22-13-25(35-32-22,26(29,30)31)18-10-19(27)12-20(28)11-18/h2-12,14H,13H2,1H3. The molecule has 0 fully saturated rings. The van der Waals surface area contributed by atoms with Crippen LogP contribution in [0.5, 0.6) is 0 Å².